The van der Waals surface area contributed by atoms with Gasteiger partial charge >= 0.3 is 5.69 Å². The van der Waals surface area contributed by atoms with Gasteiger partial charge in [0.25, 0.3) is 5.69 Å². The minimum atomic E-state index is -0.701. The maximum Gasteiger partial charge on any atom is 0.301 e. The fourth-order valence-corrected chi connectivity index (χ4v) is 2.46. The third kappa shape index (κ3) is 5.99. The average Bonchev–Trinajstić information content (AvgIpc) is 2.70. The summed E-state index contributed by atoms with van der Waals surface area (Å²) in [6.45, 7) is 2.52. The van der Waals surface area contributed by atoms with Crippen LogP contribution in [0.15, 0.2) is 65.8 Å². The fourth-order valence-electron chi connectivity index (χ4n) is 2.46. The van der Waals surface area contributed by atoms with Crippen LogP contribution in [-0.4, -0.2) is 22.7 Å². The number of hydrogen-bond donors (Lipinski definition) is 1. The Morgan fingerprint density at radius 3 is 2.54 bits per heavy atom. The largest absolute Gasteiger partial charge is 0.373 e. The van der Waals surface area contributed by atoms with E-state index in [1.807, 2.05) is 43.3 Å². The summed E-state index contributed by atoms with van der Waals surface area (Å²) in [5.41, 5.74) is 2.89. The van der Waals surface area contributed by atoms with E-state index >= 15 is 0 Å². The molecule has 9 heteroatoms. The molecule has 9 nitrogen and oxygen atoms in total. The number of allylic oxidation sites excluding steroid dienone is 1. The van der Waals surface area contributed by atoms with E-state index in [-0.39, 0.29) is 17.5 Å². The lowest BCUT2D eigenvalue weighted by Crippen LogP contribution is -2.03. The van der Waals surface area contributed by atoms with Gasteiger partial charge in [0.2, 0.25) is 0 Å². The minimum absolute atomic E-state index is 0.0664. The summed E-state index contributed by atoms with van der Waals surface area (Å²) < 4.78 is 5.74. The molecule has 1 N–H and O–H groups in total. The first-order valence-electron chi connectivity index (χ1n) is 8.56. The molecule has 0 amide bonds. The molecule has 0 saturated heterocycles. The molecular formula is C19H20N4O5. The first-order chi connectivity index (χ1) is 13.5. The first kappa shape index (κ1) is 20.7. The van der Waals surface area contributed by atoms with Gasteiger partial charge in [0.1, 0.15) is 5.69 Å². The van der Waals surface area contributed by atoms with E-state index in [4.69, 9.17) is 4.74 Å². The van der Waals surface area contributed by atoms with Gasteiger partial charge in [-0.05, 0) is 31.1 Å². The Hall–Kier alpha value is -3.59. The van der Waals surface area contributed by atoms with Crippen molar-refractivity contribution in [1.82, 2.24) is 0 Å². The zero-order valence-corrected chi connectivity index (χ0v) is 15.2. The monoisotopic (exact) mass is 384 g/mol. The van der Waals surface area contributed by atoms with Crippen LogP contribution < -0.4 is 5.43 Å². The van der Waals surface area contributed by atoms with Gasteiger partial charge in [-0.3, -0.25) is 25.7 Å². The number of hydrogen-bond acceptors (Lipinski definition) is 7. The Kier molecular flexibility index (Phi) is 7.79. The lowest BCUT2D eigenvalue weighted by Gasteiger charge is -2.15. The van der Waals surface area contributed by atoms with Crippen LogP contribution in [0.25, 0.3) is 0 Å². The van der Waals surface area contributed by atoms with Crippen molar-refractivity contribution in [2.45, 2.75) is 19.4 Å². The lowest BCUT2D eigenvalue weighted by molar-refractivity contribution is -0.393. The molecule has 0 saturated carbocycles. The zero-order valence-electron chi connectivity index (χ0n) is 15.2. The molecule has 0 radical (unpaired) electrons. The molecule has 2 rings (SSSR count). The van der Waals surface area contributed by atoms with Gasteiger partial charge in [-0.1, -0.05) is 36.4 Å². The molecule has 0 aliphatic rings. The fraction of sp³-hybridized carbons (Fsp3) is 0.211. The van der Waals surface area contributed by atoms with Crippen molar-refractivity contribution in [3.63, 3.8) is 0 Å². The van der Waals surface area contributed by atoms with E-state index in [9.17, 15) is 20.2 Å². The number of rotatable bonds is 10. The van der Waals surface area contributed by atoms with E-state index in [1.54, 1.807) is 6.08 Å². The predicted molar refractivity (Wildman–Crippen MR) is 106 cm³/mol. The summed E-state index contributed by atoms with van der Waals surface area (Å²) in [7, 11) is 0. The number of nitro benzene ring substituents is 2. The molecule has 0 bridgehead atoms. The topological polar surface area (TPSA) is 120 Å². The van der Waals surface area contributed by atoms with Crippen LogP contribution >= 0.6 is 0 Å². The van der Waals surface area contributed by atoms with Crippen molar-refractivity contribution >= 4 is 23.3 Å². The number of benzene rings is 2. The Labute approximate surface area is 161 Å². The molecule has 1 atom stereocenters. The highest BCUT2D eigenvalue weighted by molar-refractivity contribution is 5.73. The highest BCUT2D eigenvalue weighted by Gasteiger charge is 2.18. The number of nitrogens with zero attached hydrogens (tertiary/aromatic N) is 3. The van der Waals surface area contributed by atoms with Gasteiger partial charge in [-0.25, -0.2) is 0 Å². The molecule has 146 valence electrons. The van der Waals surface area contributed by atoms with Crippen LogP contribution in [0.1, 0.15) is 25.0 Å². The molecule has 0 aromatic heterocycles. The molecule has 2 aromatic carbocycles. The van der Waals surface area contributed by atoms with Crippen LogP contribution in [0.4, 0.5) is 17.1 Å². The highest BCUT2D eigenvalue weighted by Crippen LogP contribution is 2.28. The molecule has 0 aliphatic heterocycles. The van der Waals surface area contributed by atoms with E-state index in [0.717, 1.165) is 11.6 Å². The van der Waals surface area contributed by atoms with Gasteiger partial charge in [0.15, 0.2) is 0 Å². The van der Waals surface area contributed by atoms with E-state index in [0.29, 0.717) is 13.0 Å². The van der Waals surface area contributed by atoms with Crippen molar-refractivity contribution < 1.29 is 14.6 Å². The van der Waals surface area contributed by atoms with Gasteiger partial charge in [-0.2, -0.15) is 5.10 Å². The molecule has 0 fully saturated rings. The van der Waals surface area contributed by atoms with E-state index in [2.05, 4.69) is 10.5 Å². The zero-order chi connectivity index (χ0) is 20.4. The molecule has 0 aliphatic carbocycles. The van der Waals surface area contributed by atoms with Crippen LogP contribution in [0, 0.1) is 20.2 Å². The second kappa shape index (κ2) is 10.5. The quantitative estimate of drug-likeness (QED) is 0.362. The van der Waals surface area contributed by atoms with Crippen LogP contribution in [-0.2, 0) is 4.74 Å². The van der Waals surface area contributed by atoms with Crippen molar-refractivity contribution in [2.75, 3.05) is 12.0 Å². The molecule has 1 unspecified atom stereocenters. The SMILES string of the molecule is CCOC(CC=CC=NNc1ccc([N+](=O)[O-])cc1[N+](=O)[O-])c1ccccc1. The number of ether oxygens (including phenoxy) is 1. The third-order valence-electron chi connectivity index (χ3n) is 3.76. The Balaban J connectivity index is 1.97. The number of hydrazone groups is 1. The summed E-state index contributed by atoms with van der Waals surface area (Å²) >= 11 is 0. The summed E-state index contributed by atoms with van der Waals surface area (Å²) in [4.78, 5) is 20.4. The van der Waals surface area contributed by atoms with Crippen molar-refractivity contribution in [2.24, 2.45) is 5.10 Å². The highest BCUT2D eigenvalue weighted by atomic mass is 16.6. The molecule has 0 heterocycles. The molecule has 2 aromatic rings. The van der Waals surface area contributed by atoms with Gasteiger partial charge < -0.3 is 4.74 Å². The Bertz CT molecular complexity index is 868. The van der Waals surface area contributed by atoms with E-state index in [1.165, 1.54) is 18.3 Å². The maximum absolute atomic E-state index is 11.1. The number of non-ortho nitro benzene ring substituents is 1. The van der Waals surface area contributed by atoms with Crippen molar-refractivity contribution in [3.8, 4) is 0 Å². The van der Waals surface area contributed by atoms with Crippen molar-refractivity contribution in [3.05, 3.63) is 86.5 Å². The molecule has 28 heavy (non-hydrogen) atoms. The summed E-state index contributed by atoms with van der Waals surface area (Å²) in [6, 6.07) is 13.2. The minimum Gasteiger partial charge on any atom is -0.373 e. The Morgan fingerprint density at radius 2 is 1.89 bits per heavy atom. The second-order valence-corrected chi connectivity index (χ2v) is 5.62. The van der Waals surface area contributed by atoms with Crippen LogP contribution in [0.2, 0.25) is 0 Å². The van der Waals surface area contributed by atoms with Gasteiger partial charge in [0, 0.05) is 18.9 Å². The van der Waals surface area contributed by atoms with E-state index < -0.39 is 15.5 Å². The normalized spacial score (nSPS) is 12.3. The standard InChI is InChI=1S/C19H20N4O5/c1-2-28-19(15-8-4-3-5-9-15)10-6-7-13-20-21-17-12-11-16(22(24)25)14-18(17)23(26)27/h3-9,11-14,19,21H,2,10H2,1H3. The van der Waals surface area contributed by atoms with Gasteiger partial charge in [0.05, 0.1) is 22.0 Å². The molecule has 0 spiro atoms. The van der Waals surface area contributed by atoms with Crippen LogP contribution in [0.5, 0.6) is 0 Å². The number of nitro groups is 2. The second-order valence-electron chi connectivity index (χ2n) is 5.62. The Morgan fingerprint density at radius 1 is 1.14 bits per heavy atom. The summed E-state index contributed by atoms with van der Waals surface area (Å²) in [5, 5.41) is 25.7. The van der Waals surface area contributed by atoms with Gasteiger partial charge in [-0.15, -0.1) is 0 Å². The first-order valence-corrected chi connectivity index (χ1v) is 8.56. The lowest BCUT2D eigenvalue weighted by atomic mass is 10.1. The number of nitrogens with one attached hydrogen (secondary N) is 1. The average molecular weight is 384 g/mol. The number of anilines is 1. The predicted octanol–water partition coefficient (Wildman–Crippen LogP) is 4.62. The van der Waals surface area contributed by atoms with Crippen molar-refractivity contribution in [1.29, 1.82) is 0 Å². The smallest absolute Gasteiger partial charge is 0.301 e. The third-order valence-corrected chi connectivity index (χ3v) is 3.76. The maximum atomic E-state index is 11.1. The van der Waals surface area contributed by atoms with Crippen LogP contribution in [0.3, 0.4) is 0 Å². The molecular weight excluding hydrogens is 364 g/mol. The summed E-state index contributed by atoms with van der Waals surface area (Å²) in [6.07, 6.45) is 5.59. The summed E-state index contributed by atoms with van der Waals surface area (Å²) in [5.74, 6) is 0.